The van der Waals surface area contributed by atoms with Crippen LogP contribution < -0.4 is 14.8 Å². The number of fused-ring (bicyclic) bond motifs is 3. The van der Waals surface area contributed by atoms with E-state index < -0.39 is 11.9 Å². The number of hydrogen-bond acceptors (Lipinski definition) is 6. The van der Waals surface area contributed by atoms with Crippen molar-refractivity contribution in [3.05, 3.63) is 124 Å². The highest BCUT2D eigenvalue weighted by molar-refractivity contribution is 6.23. The first-order valence-corrected chi connectivity index (χ1v) is 13.3. The minimum absolute atomic E-state index is 0.105. The van der Waals surface area contributed by atoms with Gasteiger partial charge in [0.15, 0.2) is 17.3 Å². The molecule has 40 heavy (non-hydrogen) atoms. The lowest BCUT2D eigenvalue weighted by molar-refractivity contribution is -0.136. The van der Waals surface area contributed by atoms with Gasteiger partial charge in [-0.2, -0.15) is 0 Å². The average Bonchev–Trinajstić information content (AvgIpc) is 3.26. The van der Waals surface area contributed by atoms with Crippen LogP contribution in [0, 0.1) is 0 Å². The minimum Gasteiger partial charge on any atom is -0.490 e. The van der Waals surface area contributed by atoms with Gasteiger partial charge < -0.3 is 19.5 Å². The summed E-state index contributed by atoms with van der Waals surface area (Å²) in [6.07, 6.45) is 0. The molecule has 0 saturated heterocycles. The standard InChI is InChI=1S/C34H29NO5/c1-4-39-28-18-22(16-17-27(28)40-19-23-12-9-11-21-10-5-6-13-24(21)23)30-29(34(37)38-3)20(2)35-32-25-14-7-8-15-26(25)33(36)31(30)32/h5-18,30,35H,4,19H2,1-3H3/t30-/m1/s1. The van der Waals surface area contributed by atoms with Crippen LogP contribution in [-0.2, 0) is 16.1 Å². The van der Waals surface area contributed by atoms with Crippen molar-refractivity contribution in [2.45, 2.75) is 26.4 Å². The molecule has 0 saturated carbocycles. The van der Waals surface area contributed by atoms with Gasteiger partial charge in [-0.15, -0.1) is 0 Å². The molecule has 4 aromatic carbocycles. The Morgan fingerprint density at radius 1 is 0.875 bits per heavy atom. The molecular weight excluding hydrogens is 502 g/mol. The van der Waals surface area contributed by atoms with Crippen LogP contribution in [0.4, 0.5) is 0 Å². The zero-order valence-corrected chi connectivity index (χ0v) is 22.6. The number of carbonyl (C=O) groups is 2. The highest BCUT2D eigenvalue weighted by atomic mass is 16.5. The maximum atomic E-state index is 13.7. The number of nitrogens with one attached hydrogen (secondary N) is 1. The van der Waals surface area contributed by atoms with Crippen LogP contribution in [0.1, 0.15) is 46.8 Å². The quantitative estimate of drug-likeness (QED) is 0.272. The van der Waals surface area contributed by atoms with Gasteiger partial charge in [-0.25, -0.2) is 4.79 Å². The zero-order valence-electron chi connectivity index (χ0n) is 22.6. The van der Waals surface area contributed by atoms with Crippen LogP contribution in [0.3, 0.4) is 0 Å². The number of ketones is 1. The topological polar surface area (TPSA) is 73.9 Å². The molecule has 0 spiro atoms. The van der Waals surface area contributed by atoms with Crippen molar-refractivity contribution in [2.75, 3.05) is 13.7 Å². The molecule has 1 aliphatic carbocycles. The molecule has 2 aliphatic rings. The van der Waals surface area contributed by atoms with E-state index in [4.69, 9.17) is 14.2 Å². The van der Waals surface area contributed by atoms with Gasteiger partial charge in [-0.05, 0) is 47.9 Å². The van der Waals surface area contributed by atoms with E-state index in [0.717, 1.165) is 33.2 Å². The van der Waals surface area contributed by atoms with Crippen molar-refractivity contribution in [3.63, 3.8) is 0 Å². The second-order valence-corrected chi connectivity index (χ2v) is 9.82. The Morgan fingerprint density at radius 2 is 1.62 bits per heavy atom. The Balaban J connectivity index is 1.41. The van der Waals surface area contributed by atoms with Crippen LogP contribution in [0.2, 0.25) is 0 Å². The first-order valence-electron chi connectivity index (χ1n) is 13.3. The van der Waals surface area contributed by atoms with Crippen LogP contribution in [0.5, 0.6) is 11.5 Å². The van der Waals surface area contributed by atoms with Crippen LogP contribution in [0.15, 0.2) is 102 Å². The molecule has 6 nitrogen and oxygen atoms in total. The van der Waals surface area contributed by atoms with Gasteiger partial charge in [-0.3, -0.25) is 4.79 Å². The molecule has 0 amide bonds. The molecular formula is C34H29NO5. The Labute approximate surface area is 232 Å². The van der Waals surface area contributed by atoms with E-state index in [0.29, 0.717) is 47.1 Å². The lowest BCUT2D eigenvalue weighted by Gasteiger charge is -2.29. The van der Waals surface area contributed by atoms with Crippen LogP contribution in [-0.4, -0.2) is 25.5 Å². The summed E-state index contributed by atoms with van der Waals surface area (Å²) in [6.45, 7) is 4.54. The first kappa shape index (κ1) is 25.4. The van der Waals surface area contributed by atoms with Gasteiger partial charge in [0.05, 0.1) is 25.0 Å². The van der Waals surface area contributed by atoms with Crippen LogP contribution >= 0.6 is 0 Å². The van der Waals surface area contributed by atoms with E-state index in [2.05, 4.69) is 29.6 Å². The van der Waals surface area contributed by atoms with Crippen LogP contribution in [0.25, 0.3) is 16.5 Å². The number of carbonyl (C=O) groups excluding carboxylic acids is 2. The van der Waals surface area contributed by atoms with Gasteiger partial charge in [0.25, 0.3) is 0 Å². The van der Waals surface area contributed by atoms with Gasteiger partial charge in [-0.1, -0.05) is 72.8 Å². The molecule has 1 atom stereocenters. The highest BCUT2D eigenvalue weighted by Crippen LogP contribution is 2.48. The van der Waals surface area contributed by atoms with Crippen molar-refractivity contribution in [1.29, 1.82) is 0 Å². The Kier molecular flexibility index (Phi) is 6.60. The monoisotopic (exact) mass is 531 g/mol. The van der Waals surface area contributed by atoms with Gasteiger partial charge in [0.2, 0.25) is 0 Å². The maximum Gasteiger partial charge on any atom is 0.336 e. The molecule has 0 fully saturated rings. The average molecular weight is 532 g/mol. The number of esters is 1. The zero-order chi connectivity index (χ0) is 27.8. The summed E-state index contributed by atoms with van der Waals surface area (Å²) in [4.78, 5) is 26.8. The number of methoxy groups -OCH3 is 1. The van der Waals surface area contributed by atoms with Crippen molar-refractivity contribution in [1.82, 2.24) is 5.32 Å². The molecule has 6 rings (SSSR count). The lowest BCUT2D eigenvalue weighted by Crippen LogP contribution is -2.29. The largest absolute Gasteiger partial charge is 0.490 e. The summed E-state index contributed by atoms with van der Waals surface area (Å²) in [6, 6.07) is 27.5. The van der Waals surface area contributed by atoms with E-state index in [9.17, 15) is 9.59 Å². The number of rotatable bonds is 7. The lowest BCUT2D eigenvalue weighted by atomic mass is 9.79. The number of hydrogen-bond donors (Lipinski definition) is 1. The Morgan fingerprint density at radius 3 is 2.42 bits per heavy atom. The number of benzene rings is 4. The number of ether oxygens (including phenoxy) is 3. The van der Waals surface area contributed by atoms with Gasteiger partial charge in [0, 0.05) is 28.3 Å². The van der Waals surface area contributed by atoms with Crippen molar-refractivity contribution >= 4 is 28.2 Å². The predicted molar refractivity (Wildman–Crippen MR) is 154 cm³/mol. The van der Waals surface area contributed by atoms with E-state index in [-0.39, 0.29) is 5.78 Å². The fourth-order valence-electron chi connectivity index (χ4n) is 5.71. The van der Waals surface area contributed by atoms with Crippen molar-refractivity contribution in [2.24, 2.45) is 0 Å². The summed E-state index contributed by atoms with van der Waals surface area (Å²) in [5, 5.41) is 5.60. The molecule has 0 aromatic heterocycles. The van der Waals surface area contributed by atoms with E-state index in [1.807, 2.05) is 74.5 Å². The smallest absolute Gasteiger partial charge is 0.336 e. The minimum atomic E-state index is -0.630. The third-order valence-electron chi connectivity index (χ3n) is 7.52. The number of Topliss-reactive ketones (excluding diaryl/α,β-unsaturated/α-hetero) is 1. The summed E-state index contributed by atoms with van der Waals surface area (Å²) in [7, 11) is 1.35. The number of dihydropyridines is 1. The van der Waals surface area contributed by atoms with Gasteiger partial charge >= 0.3 is 5.97 Å². The Bertz CT molecular complexity index is 1730. The molecule has 1 aliphatic heterocycles. The normalized spacial score (nSPS) is 16.0. The summed E-state index contributed by atoms with van der Waals surface area (Å²) < 4.78 is 17.5. The highest BCUT2D eigenvalue weighted by Gasteiger charge is 2.43. The number of allylic oxidation sites excluding steroid dienone is 2. The third kappa shape index (κ3) is 4.22. The summed E-state index contributed by atoms with van der Waals surface area (Å²) in [5.74, 6) is -0.0884. The Hall–Kier alpha value is -4.84. The summed E-state index contributed by atoms with van der Waals surface area (Å²) >= 11 is 0. The SMILES string of the molecule is CCOc1cc([C@@H]2C(C(=O)OC)=C(C)NC3=C2C(=O)c2ccccc23)ccc1OCc1cccc2ccccc12. The molecule has 4 aromatic rings. The summed E-state index contributed by atoms with van der Waals surface area (Å²) in [5.41, 5.74) is 5.56. The van der Waals surface area contributed by atoms with Gasteiger partial charge in [0.1, 0.15) is 6.61 Å². The van der Waals surface area contributed by atoms with E-state index in [1.54, 1.807) is 0 Å². The van der Waals surface area contributed by atoms with E-state index in [1.165, 1.54) is 7.11 Å². The second kappa shape index (κ2) is 10.4. The van der Waals surface area contributed by atoms with Crippen molar-refractivity contribution < 1.29 is 23.8 Å². The third-order valence-corrected chi connectivity index (χ3v) is 7.52. The maximum absolute atomic E-state index is 13.7. The molecule has 0 radical (unpaired) electrons. The first-order chi connectivity index (χ1) is 19.5. The predicted octanol–water partition coefficient (Wildman–Crippen LogP) is 6.56. The molecule has 1 N–H and O–H groups in total. The molecule has 0 unspecified atom stereocenters. The fraction of sp³-hybridized carbons (Fsp3) is 0.176. The second-order valence-electron chi connectivity index (χ2n) is 9.82. The molecule has 0 bridgehead atoms. The van der Waals surface area contributed by atoms with Crippen molar-refractivity contribution in [3.8, 4) is 11.5 Å². The molecule has 200 valence electrons. The molecule has 6 heteroatoms. The van der Waals surface area contributed by atoms with E-state index >= 15 is 0 Å². The fourth-order valence-corrected chi connectivity index (χ4v) is 5.71. The molecule has 1 heterocycles.